The molecule has 0 fully saturated rings. The van der Waals surface area contributed by atoms with E-state index in [0.717, 1.165) is 24.4 Å². The molecule has 1 unspecified atom stereocenters. The van der Waals surface area contributed by atoms with E-state index in [9.17, 15) is 4.79 Å². The maximum atomic E-state index is 11.0. The number of hydrogen-bond acceptors (Lipinski definition) is 3. The van der Waals surface area contributed by atoms with Crippen LogP contribution in [0.25, 0.3) is 0 Å². The second kappa shape index (κ2) is 8.14. The first-order chi connectivity index (χ1) is 7.56. The van der Waals surface area contributed by atoms with E-state index in [4.69, 9.17) is 5.11 Å². The molecule has 0 aromatic carbocycles. The zero-order chi connectivity index (χ0) is 12.1. The Hall–Kier alpha value is -0.0300. The summed E-state index contributed by atoms with van der Waals surface area (Å²) in [6.45, 7) is 6.70. The number of carboxylic acids is 1. The molecule has 92 valence electrons. The third-order valence-corrected chi connectivity index (χ3v) is 3.66. The summed E-state index contributed by atoms with van der Waals surface area (Å²) in [5.74, 6) is -0.762. The van der Waals surface area contributed by atoms with Crippen molar-refractivity contribution in [3.63, 3.8) is 0 Å². The maximum absolute atomic E-state index is 11.0. The first-order valence-electron chi connectivity index (χ1n) is 5.60. The molecular formula is C12H20NNaO2S. The van der Waals surface area contributed by atoms with Crippen molar-refractivity contribution in [3.8, 4) is 0 Å². The van der Waals surface area contributed by atoms with Gasteiger partial charge >= 0.3 is 35.5 Å². The Kier molecular flexibility index (Phi) is 8.12. The molecule has 1 rings (SSSR count). The molecule has 0 saturated carbocycles. The van der Waals surface area contributed by atoms with E-state index in [1.165, 1.54) is 5.56 Å². The SMILES string of the molecule is CCCCN(c1cc(C)cs1)C(C)C(=O)O.[H-].[Na+]. The van der Waals surface area contributed by atoms with Crippen LogP contribution < -0.4 is 34.5 Å². The topological polar surface area (TPSA) is 40.5 Å². The van der Waals surface area contributed by atoms with Gasteiger partial charge in [0.05, 0.1) is 5.00 Å². The second-order valence-corrected chi connectivity index (χ2v) is 4.91. The zero-order valence-electron chi connectivity index (χ0n) is 12.1. The van der Waals surface area contributed by atoms with E-state index < -0.39 is 12.0 Å². The van der Waals surface area contributed by atoms with Gasteiger partial charge < -0.3 is 11.4 Å². The van der Waals surface area contributed by atoms with Crippen LogP contribution in [0, 0.1) is 6.92 Å². The van der Waals surface area contributed by atoms with Crippen LogP contribution in [-0.2, 0) is 4.79 Å². The summed E-state index contributed by atoms with van der Waals surface area (Å²) in [6, 6.07) is 1.60. The Labute approximate surface area is 131 Å². The zero-order valence-corrected chi connectivity index (χ0v) is 13.9. The molecule has 1 N–H and O–H groups in total. The molecule has 1 atom stereocenters. The number of thiophene rings is 1. The van der Waals surface area contributed by atoms with Gasteiger partial charge in [-0.3, -0.25) is 0 Å². The van der Waals surface area contributed by atoms with E-state index in [1.54, 1.807) is 18.3 Å². The van der Waals surface area contributed by atoms with E-state index in [1.807, 2.05) is 11.8 Å². The van der Waals surface area contributed by atoms with E-state index in [-0.39, 0.29) is 31.0 Å². The van der Waals surface area contributed by atoms with Crippen molar-refractivity contribution < 1.29 is 40.9 Å². The first kappa shape index (κ1) is 17.0. The summed E-state index contributed by atoms with van der Waals surface area (Å²) < 4.78 is 0. The van der Waals surface area contributed by atoms with Crippen molar-refractivity contribution in [2.45, 2.75) is 39.7 Å². The first-order valence-corrected chi connectivity index (χ1v) is 6.48. The molecular weight excluding hydrogens is 245 g/mol. The molecule has 5 heteroatoms. The molecule has 0 spiro atoms. The Morgan fingerprint density at radius 2 is 2.29 bits per heavy atom. The van der Waals surface area contributed by atoms with Crippen molar-refractivity contribution in [2.75, 3.05) is 11.4 Å². The quantitative estimate of drug-likeness (QED) is 0.750. The fraction of sp³-hybridized carbons (Fsp3) is 0.583. The second-order valence-electron chi connectivity index (χ2n) is 4.02. The predicted octanol–water partition coefficient (Wildman–Crippen LogP) is 0.253. The van der Waals surface area contributed by atoms with Gasteiger partial charge in [-0.15, -0.1) is 11.3 Å². The molecule has 0 amide bonds. The minimum atomic E-state index is -0.762. The monoisotopic (exact) mass is 265 g/mol. The number of aliphatic carboxylic acids is 1. The number of nitrogens with zero attached hydrogens (tertiary/aromatic N) is 1. The summed E-state index contributed by atoms with van der Waals surface area (Å²) in [6.07, 6.45) is 2.10. The van der Waals surface area contributed by atoms with Crippen LogP contribution in [0.1, 0.15) is 33.7 Å². The van der Waals surface area contributed by atoms with Crippen LogP contribution in [0.2, 0.25) is 0 Å². The fourth-order valence-electron chi connectivity index (χ4n) is 1.52. The Bertz CT molecular complexity index is 360. The Morgan fingerprint density at radius 3 is 2.71 bits per heavy atom. The van der Waals surface area contributed by atoms with Gasteiger partial charge in [-0.05, 0) is 37.3 Å². The number of carboxylic acid groups (broad SMARTS) is 1. The van der Waals surface area contributed by atoms with Crippen LogP contribution >= 0.6 is 11.3 Å². The minimum absolute atomic E-state index is 0. The van der Waals surface area contributed by atoms with Gasteiger partial charge in [0.25, 0.3) is 0 Å². The van der Waals surface area contributed by atoms with Gasteiger partial charge in [0.1, 0.15) is 6.04 Å². The number of carbonyl (C=O) groups is 1. The van der Waals surface area contributed by atoms with Crippen LogP contribution in [0.4, 0.5) is 5.00 Å². The summed E-state index contributed by atoms with van der Waals surface area (Å²) >= 11 is 1.62. The molecule has 1 aromatic rings. The number of unbranched alkanes of at least 4 members (excludes halogenated alkanes) is 1. The van der Waals surface area contributed by atoms with Gasteiger partial charge in [-0.1, -0.05) is 13.3 Å². The predicted molar refractivity (Wildman–Crippen MR) is 69.5 cm³/mol. The molecule has 0 radical (unpaired) electrons. The molecule has 0 aliphatic carbocycles. The van der Waals surface area contributed by atoms with Crippen LogP contribution in [0.15, 0.2) is 11.4 Å². The maximum Gasteiger partial charge on any atom is 1.00 e. The third kappa shape index (κ3) is 5.00. The van der Waals surface area contributed by atoms with E-state index in [2.05, 4.69) is 18.4 Å². The Morgan fingerprint density at radius 1 is 1.65 bits per heavy atom. The molecule has 0 aliphatic rings. The molecule has 1 aromatic heterocycles. The number of anilines is 1. The number of hydrogen-bond donors (Lipinski definition) is 1. The average Bonchev–Trinajstić information content (AvgIpc) is 2.65. The van der Waals surface area contributed by atoms with Crippen molar-refractivity contribution >= 4 is 22.3 Å². The smallest absolute Gasteiger partial charge is 1.00 e. The summed E-state index contributed by atoms with van der Waals surface area (Å²) in [5, 5.41) is 12.2. The van der Waals surface area contributed by atoms with Crippen LogP contribution in [0.5, 0.6) is 0 Å². The van der Waals surface area contributed by atoms with Crippen molar-refractivity contribution in [1.82, 2.24) is 0 Å². The van der Waals surface area contributed by atoms with E-state index in [0.29, 0.717) is 0 Å². The van der Waals surface area contributed by atoms with Crippen molar-refractivity contribution in [2.24, 2.45) is 0 Å². The molecule has 1 heterocycles. The average molecular weight is 265 g/mol. The fourth-order valence-corrected chi connectivity index (χ4v) is 2.54. The molecule has 17 heavy (non-hydrogen) atoms. The molecule has 0 saturated heterocycles. The normalized spacial score (nSPS) is 11.7. The van der Waals surface area contributed by atoms with Gasteiger partial charge in [0.15, 0.2) is 0 Å². The summed E-state index contributed by atoms with van der Waals surface area (Å²) in [5.41, 5.74) is 1.19. The third-order valence-electron chi connectivity index (χ3n) is 2.58. The molecule has 0 bridgehead atoms. The van der Waals surface area contributed by atoms with Crippen molar-refractivity contribution in [1.29, 1.82) is 0 Å². The van der Waals surface area contributed by atoms with Gasteiger partial charge in [-0.25, -0.2) is 4.79 Å². The van der Waals surface area contributed by atoms with Gasteiger partial charge in [0.2, 0.25) is 0 Å². The van der Waals surface area contributed by atoms with Crippen LogP contribution in [-0.4, -0.2) is 23.7 Å². The standard InChI is InChI=1S/C12H19NO2S.Na.H/c1-4-5-6-13(10(3)12(14)15)11-7-9(2)8-16-11;;/h7-8,10H,4-6H2,1-3H3,(H,14,15);;/q;+1;-1. The molecule has 0 aliphatic heterocycles. The number of aryl methyl sites for hydroxylation is 1. The Balaban J connectivity index is 0. The van der Waals surface area contributed by atoms with Crippen molar-refractivity contribution in [3.05, 3.63) is 17.0 Å². The van der Waals surface area contributed by atoms with Gasteiger partial charge in [-0.2, -0.15) is 0 Å². The summed E-state index contributed by atoms with van der Waals surface area (Å²) in [4.78, 5) is 13.0. The number of rotatable bonds is 6. The minimum Gasteiger partial charge on any atom is -1.00 e. The van der Waals surface area contributed by atoms with E-state index >= 15 is 0 Å². The molecule has 3 nitrogen and oxygen atoms in total. The van der Waals surface area contributed by atoms with Gasteiger partial charge in [0, 0.05) is 6.54 Å². The largest absolute Gasteiger partial charge is 1.00 e. The summed E-state index contributed by atoms with van der Waals surface area (Å²) in [7, 11) is 0. The van der Waals surface area contributed by atoms with Crippen LogP contribution in [0.3, 0.4) is 0 Å².